The van der Waals surface area contributed by atoms with E-state index in [1.807, 2.05) is 0 Å². The smallest absolute Gasteiger partial charge is 0.229 e. The number of pyridine rings is 1. The van der Waals surface area contributed by atoms with Crippen LogP contribution >= 0.6 is 0 Å². The molecule has 2 aromatic rings. The largest absolute Gasteiger partial charge is 0.323 e. The van der Waals surface area contributed by atoms with Crippen molar-refractivity contribution in [3.05, 3.63) is 36.8 Å². The molecule has 0 atom stereocenters. The van der Waals surface area contributed by atoms with Gasteiger partial charge in [0.05, 0.1) is 5.69 Å². The van der Waals surface area contributed by atoms with Gasteiger partial charge in [-0.3, -0.25) is 19.3 Å². The quantitative estimate of drug-likeness (QED) is 0.821. The van der Waals surface area contributed by atoms with E-state index in [0.717, 1.165) is 4.90 Å². The number of hydrogen-bond donors (Lipinski definition) is 1. The van der Waals surface area contributed by atoms with Crippen LogP contribution in [0.1, 0.15) is 19.3 Å². The van der Waals surface area contributed by atoms with E-state index < -0.39 is 0 Å². The van der Waals surface area contributed by atoms with Crippen LogP contribution in [-0.2, 0) is 14.4 Å². The second-order valence-electron chi connectivity index (χ2n) is 5.06. The van der Waals surface area contributed by atoms with E-state index in [9.17, 15) is 14.4 Å². The van der Waals surface area contributed by atoms with Crippen LogP contribution in [0.15, 0.2) is 36.8 Å². The van der Waals surface area contributed by atoms with Crippen LogP contribution in [0.25, 0.3) is 5.82 Å². The minimum Gasteiger partial charge on any atom is -0.323 e. The molecule has 0 aromatic carbocycles. The molecule has 118 valence electrons. The average Bonchev–Trinajstić information content (AvgIpc) is 3.17. The molecule has 1 aliphatic heterocycles. The number of hydrogen-bond acceptors (Lipinski definition) is 5. The maximum absolute atomic E-state index is 12.1. The first-order chi connectivity index (χ1) is 11.1. The highest BCUT2D eigenvalue weighted by Gasteiger charge is 2.28. The molecule has 1 saturated heterocycles. The van der Waals surface area contributed by atoms with Gasteiger partial charge in [-0.1, -0.05) is 0 Å². The minimum absolute atomic E-state index is 0.0465. The SMILES string of the molecule is O=C(CCN1C(=O)CCC1=O)Nc1cccnc1-n1cccn1. The number of nitrogens with one attached hydrogen (secondary N) is 1. The number of aromatic nitrogens is 3. The van der Waals surface area contributed by atoms with Crippen molar-refractivity contribution < 1.29 is 14.4 Å². The molecule has 3 rings (SSSR count). The maximum Gasteiger partial charge on any atom is 0.229 e. The van der Waals surface area contributed by atoms with Gasteiger partial charge in [0.15, 0.2) is 5.82 Å². The number of carbonyl (C=O) groups excluding carboxylic acids is 3. The lowest BCUT2D eigenvalue weighted by Gasteiger charge is -2.14. The number of carbonyl (C=O) groups is 3. The zero-order chi connectivity index (χ0) is 16.2. The van der Waals surface area contributed by atoms with Gasteiger partial charge >= 0.3 is 0 Å². The van der Waals surface area contributed by atoms with Crippen LogP contribution in [0.3, 0.4) is 0 Å². The molecule has 8 nitrogen and oxygen atoms in total. The summed E-state index contributed by atoms with van der Waals surface area (Å²) in [6.45, 7) is 0.0981. The molecule has 0 unspecified atom stereocenters. The van der Waals surface area contributed by atoms with Crippen LogP contribution in [0.5, 0.6) is 0 Å². The van der Waals surface area contributed by atoms with Gasteiger partial charge in [0.25, 0.3) is 0 Å². The fraction of sp³-hybridized carbons (Fsp3) is 0.267. The second-order valence-corrected chi connectivity index (χ2v) is 5.06. The Morgan fingerprint density at radius 2 is 1.96 bits per heavy atom. The van der Waals surface area contributed by atoms with Gasteiger partial charge in [-0.05, 0) is 18.2 Å². The lowest BCUT2D eigenvalue weighted by Crippen LogP contribution is -2.32. The topological polar surface area (TPSA) is 97.2 Å². The molecular formula is C15H15N5O3. The molecule has 1 aliphatic rings. The Kier molecular flexibility index (Phi) is 4.13. The number of nitrogens with zero attached hydrogens (tertiary/aromatic N) is 4. The molecule has 0 aliphatic carbocycles. The van der Waals surface area contributed by atoms with Crippen molar-refractivity contribution in [3.8, 4) is 5.82 Å². The van der Waals surface area contributed by atoms with Crippen LogP contribution in [0.4, 0.5) is 5.69 Å². The van der Waals surface area contributed by atoms with Gasteiger partial charge in [-0.15, -0.1) is 0 Å². The lowest BCUT2D eigenvalue weighted by molar-refractivity contribution is -0.138. The van der Waals surface area contributed by atoms with Gasteiger partial charge in [-0.25, -0.2) is 9.67 Å². The lowest BCUT2D eigenvalue weighted by atomic mass is 10.3. The summed E-state index contributed by atoms with van der Waals surface area (Å²) >= 11 is 0. The monoisotopic (exact) mass is 313 g/mol. The fourth-order valence-electron chi connectivity index (χ4n) is 2.37. The first-order valence-corrected chi connectivity index (χ1v) is 7.23. The normalized spacial score (nSPS) is 14.3. The molecule has 2 aromatic heterocycles. The minimum atomic E-state index is -0.293. The summed E-state index contributed by atoms with van der Waals surface area (Å²) < 4.78 is 1.54. The Bertz CT molecular complexity index is 725. The third-order valence-electron chi connectivity index (χ3n) is 3.50. The highest BCUT2D eigenvalue weighted by molar-refractivity contribution is 6.02. The molecule has 3 amide bonds. The van der Waals surface area contributed by atoms with Gasteiger partial charge in [-0.2, -0.15) is 5.10 Å². The molecule has 0 bridgehead atoms. The van der Waals surface area contributed by atoms with Gasteiger partial charge in [0.1, 0.15) is 0 Å². The summed E-state index contributed by atoms with van der Waals surface area (Å²) in [7, 11) is 0. The van der Waals surface area contributed by atoms with E-state index in [-0.39, 0.29) is 43.5 Å². The summed E-state index contributed by atoms with van der Waals surface area (Å²) in [5.41, 5.74) is 0.514. The van der Waals surface area contributed by atoms with Crippen LogP contribution in [-0.4, -0.2) is 43.9 Å². The van der Waals surface area contributed by atoms with Crippen molar-refractivity contribution in [1.82, 2.24) is 19.7 Å². The third kappa shape index (κ3) is 3.25. The van der Waals surface area contributed by atoms with Crippen molar-refractivity contribution in [1.29, 1.82) is 0 Å². The molecule has 1 fully saturated rings. The van der Waals surface area contributed by atoms with Gasteiger partial charge < -0.3 is 5.32 Å². The Morgan fingerprint density at radius 1 is 1.17 bits per heavy atom. The molecule has 8 heteroatoms. The highest BCUT2D eigenvalue weighted by atomic mass is 16.2. The first-order valence-electron chi connectivity index (χ1n) is 7.23. The molecule has 0 spiro atoms. The molecular weight excluding hydrogens is 298 g/mol. The fourth-order valence-corrected chi connectivity index (χ4v) is 2.37. The van der Waals surface area contributed by atoms with E-state index in [1.165, 1.54) is 0 Å². The summed E-state index contributed by atoms with van der Waals surface area (Å²) in [6, 6.07) is 5.18. The van der Waals surface area contributed by atoms with E-state index in [2.05, 4.69) is 15.4 Å². The van der Waals surface area contributed by atoms with E-state index in [0.29, 0.717) is 11.5 Å². The number of imide groups is 1. The number of amides is 3. The van der Waals surface area contributed by atoms with Crippen LogP contribution in [0, 0.1) is 0 Å². The standard InChI is InChI=1S/C15H15N5O3/c21-12(6-10-19-13(22)4-5-14(19)23)18-11-3-1-7-16-15(11)20-9-2-8-17-20/h1-3,7-9H,4-6,10H2,(H,18,21). The Morgan fingerprint density at radius 3 is 2.65 bits per heavy atom. The van der Waals surface area contributed by atoms with Gasteiger partial charge in [0, 0.05) is 44.4 Å². The summed E-state index contributed by atoms with van der Waals surface area (Å²) in [5, 5.41) is 6.83. The maximum atomic E-state index is 12.1. The van der Waals surface area contributed by atoms with Crippen molar-refractivity contribution in [2.45, 2.75) is 19.3 Å². The summed E-state index contributed by atoms with van der Waals surface area (Å²) in [6.07, 6.45) is 5.45. The number of anilines is 1. The van der Waals surface area contributed by atoms with E-state index in [1.54, 1.807) is 41.5 Å². The zero-order valence-electron chi connectivity index (χ0n) is 12.3. The first kappa shape index (κ1) is 14.9. The van der Waals surface area contributed by atoms with Gasteiger partial charge in [0.2, 0.25) is 17.7 Å². The summed E-state index contributed by atoms with van der Waals surface area (Å²) in [4.78, 5) is 40.5. The Balaban J connectivity index is 1.65. The second kappa shape index (κ2) is 6.39. The summed E-state index contributed by atoms with van der Waals surface area (Å²) in [5.74, 6) is -0.235. The number of likely N-dealkylation sites (tertiary alicyclic amines) is 1. The zero-order valence-corrected chi connectivity index (χ0v) is 12.3. The van der Waals surface area contributed by atoms with Crippen molar-refractivity contribution in [2.24, 2.45) is 0 Å². The Labute approximate surface area is 132 Å². The van der Waals surface area contributed by atoms with Crippen molar-refractivity contribution in [3.63, 3.8) is 0 Å². The van der Waals surface area contributed by atoms with Crippen LogP contribution < -0.4 is 5.32 Å². The molecule has 0 saturated carbocycles. The number of rotatable bonds is 5. The molecule has 3 heterocycles. The third-order valence-corrected chi connectivity index (χ3v) is 3.50. The predicted molar refractivity (Wildman–Crippen MR) is 80.6 cm³/mol. The highest BCUT2D eigenvalue weighted by Crippen LogP contribution is 2.17. The van der Waals surface area contributed by atoms with E-state index >= 15 is 0 Å². The van der Waals surface area contributed by atoms with E-state index in [4.69, 9.17) is 0 Å². The molecule has 1 N–H and O–H groups in total. The average molecular weight is 313 g/mol. The predicted octanol–water partition coefficient (Wildman–Crippen LogP) is 0.745. The van der Waals surface area contributed by atoms with Crippen LogP contribution in [0.2, 0.25) is 0 Å². The Hall–Kier alpha value is -3.03. The molecule has 0 radical (unpaired) electrons. The van der Waals surface area contributed by atoms with Crippen molar-refractivity contribution >= 4 is 23.4 Å². The van der Waals surface area contributed by atoms with Crippen molar-refractivity contribution in [2.75, 3.05) is 11.9 Å². The molecule has 23 heavy (non-hydrogen) atoms.